The number of hydrogen-bond donors (Lipinski definition) is 2. The van der Waals surface area contributed by atoms with E-state index in [4.69, 9.17) is 14.2 Å². The second-order valence-corrected chi connectivity index (χ2v) is 7.41. The zero-order chi connectivity index (χ0) is 20.9. The maximum Gasteiger partial charge on any atom is 0.473 e. The van der Waals surface area contributed by atoms with E-state index in [-0.39, 0.29) is 18.7 Å². The van der Waals surface area contributed by atoms with E-state index in [9.17, 15) is 18.2 Å². The number of rotatable bonds is 10. The van der Waals surface area contributed by atoms with Gasteiger partial charge in [-0.2, -0.15) is 10.2 Å². The highest BCUT2D eigenvalue weighted by atomic mass is 31.2. The van der Waals surface area contributed by atoms with Gasteiger partial charge in [-0.3, -0.25) is 13.7 Å². The Morgan fingerprint density at radius 2 is 2.00 bits per heavy atom. The molecule has 0 bridgehead atoms. The highest BCUT2D eigenvalue weighted by Gasteiger charge is 2.44. The monoisotopic (exact) mass is 429 g/mol. The number of phosphoric ester groups is 1. The molecule has 0 spiro atoms. The molecule has 13 heteroatoms. The molecule has 0 saturated carbocycles. The second kappa shape index (κ2) is 8.89. The molecule has 1 aromatic carbocycles. The van der Waals surface area contributed by atoms with Gasteiger partial charge in [0, 0.05) is 24.0 Å². The summed E-state index contributed by atoms with van der Waals surface area (Å²) in [6.45, 7) is -1.53. The van der Waals surface area contributed by atoms with E-state index in [1.807, 2.05) is 0 Å². The minimum atomic E-state index is -4.79. The van der Waals surface area contributed by atoms with Gasteiger partial charge in [0.05, 0.1) is 26.3 Å². The number of phosphoric acid groups is 1. The van der Waals surface area contributed by atoms with Crippen molar-refractivity contribution >= 4 is 7.82 Å². The van der Waals surface area contributed by atoms with Crippen LogP contribution in [0.25, 0.3) is 0 Å². The van der Waals surface area contributed by atoms with Crippen molar-refractivity contribution in [1.82, 2.24) is 24.5 Å². The standard InChI is InChI=1S/C16H18F2N5O5P/c17-13-2-3-14(15(18)8-13)16(9-22-5-1-4-20-22,10-23-12-19-11-21-23)28-29(25,26)27-7-6-24/h1-5,8,11-12,24H,6-7,9-10H2,(H,25,26). The third kappa shape index (κ3) is 5.31. The summed E-state index contributed by atoms with van der Waals surface area (Å²) in [5.74, 6) is -1.83. The molecule has 2 N–H and O–H groups in total. The Morgan fingerprint density at radius 1 is 1.21 bits per heavy atom. The number of aromatic nitrogens is 5. The molecule has 29 heavy (non-hydrogen) atoms. The lowest BCUT2D eigenvalue weighted by Gasteiger charge is -2.35. The van der Waals surface area contributed by atoms with Crippen molar-refractivity contribution in [2.45, 2.75) is 18.7 Å². The Hall–Kier alpha value is -2.50. The zero-order valence-corrected chi connectivity index (χ0v) is 15.9. The van der Waals surface area contributed by atoms with Gasteiger partial charge in [0.1, 0.15) is 29.9 Å². The molecule has 3 rings (SSSR count). The number of halogens is 2. The van der Waals surface area contributed by atoms with Crippen LogP contribution in [0.4, 0.5) is 8.78 Å². The quantitative estimate of drug-likeness (QED) is 0.465. The highest BCUT2D eigenvalue weighted by molar-refractivity contribution is 7.47. The summed E-state index contributed by atoms with van der Waals surface area (Å²) in [5, 5.41) is 16.9. The maximum atomic E-state index is 14.8. The zero-order valence-electron chi connectivity index (χ0n) is 15.0. The van der Waals surface area contributed by atoms with Gasteiger partial charge in [0.15, 0.2) is 0 Å². The van der Waals surface area contributed by atoms with Crippen molar-refractivity contribution in [2.75, 3.05) is 13.2 Å². The summed E-state index contributed by atoms with van der Waals surface area (Å²) in [5.41, 5.74) is -2.11. The lowest BCUT2D eigenvalue weighted by Crippen LogP contribution is -2.40. The van der Waals surface area contributed by atoms with Crippen LogP contribution in [0.1, 0.15) is 5.56 Å². The molecule has 2 heterocycles. The fraction of sp³-hybridized carbons (Fsp3) is 0.312. The van der Waals surface area contributed by atoms with Crippen LogP contribution in [0.2, 0.25) is 0 Å². The summed E-state index contributed by atoms with van der Waals surface area (Å²) in [4.78, 5) is 14.0. The fourth-order valence-corrected chi connectivity index (χ4v) is 3.84. The molecule has 0 aliphatic heterocycles. The molecule has 3 aromatic rings. The Kier molecular flexibility index (Phi) is 6.50. The van der Waals surface area contributed by atoms with Crippen LogP contribution in [0.5, 0.6) is 0 Å². The number of aliphatic hydroxyl groups excluding tert-OH is 1. The molecular formula is C16H18F2N5O5P. The van der Waals surface area contributed by atoms with E-state index >= 15 is 0 Å². The highest BCUT2D eigenvalue weighted by Crippen LogP contribution is 2.51. The molecular weight excluding hydrogens is 411 g/mol. The van der Waals surface area contributed by atoms with Gasteiger partial charge in [0.25, 0.3) is 0 Å². The van der Waals surface area contributed by atoms with Crippen molar-refractivity contribution in [2.24, 2.45) is 0 Å². The van der Waals surface area contributed by atoms with E-state index in [2.05, 4.69) is 15.2 Å². The molecule has 2 unspecified atom stereocenters. The van der Waals surface area contributed by atoms with Gasteiger partial charge in [-0.25, -0.2) is 23.0 Å². The van der Waals surface area contributed by atoms with Gasteiger partial charge < -0.3 is 10.00 Å². The molecule has 0 aliphatic rings. The summed E-state index contributed by atoms with van der Waals surface area (Å²) >= 11 is 0. The summed E-state index contributed by atoms with van der Waals surface area (Å²) in [7, 11) is -4.79. The fourth-order valence-electron chi connectivity index (χ4n) is 2.82. The first-order chi connectivity index (χ1) is 13.8. The molecule has 0 fully saturated rings. The molecule has 0 aliphatic carbocycles. The van der Waals surface area contributed by atoms with Crippen molar-refractivity contribution in [3.8, 4) is 0 Å². The first kappa shape index (κ1) is 21.2. The van der Waals surface area contributed by atoms with E-state index in [0.717, 1.165) is 12.1 Å². The van der Waals surface area contributed by atoms with Gasteiger partial charge in [-0.05, 0) is 12.1 Å². The molecule has 0 amide bonds. The summed E-state index contributed by atoms with van der Waals surface area (Å²) in [6, 6.07) is 4.34. The van der Waals surface area contributed by atoms with Gasteiger partial charge in [-0.1, -0.05) is 6.07 Å². The first-order valence-electron chi connectivity index (χ1n) is 8.38. The topological polar surface area (TPSA) is 125 Å². The number of benzene rings is 1. The molecule has 0 radical (unpaired) electrons. The van der Waals surface area contributed by atoms with E-state index in [1.165, 1.54) is 34.4 Å². The second-order valence-electron chi connectivity index (χ2n) is 6.03. The minimum Gasteiger partial charge on any atom is -0.394 e. The SMILES string of the molecule is O=P(O)(OCCO)OC(Cn1cccn1)(Cn1cncn1)c1ccc(F)cc1F. The van der Waals surface area contributed by atoms with Crippen molar-refractivity contribution in [3.63, 3.8) is 0 Å². The molecule has 2 aromatic heterocycles. The minimum absolute atomic E-state index is 0.216. The smallest absolute Gasteiger partial charge is 0.394 e. The third-order valence-electron chi connectivity index (χ3n) is 3.92. The van der Waals surface area contributed by atoms with E-state index in [0.29, 0.717) is 6.07 Å². The third-order valence-corrected chi connectivity index (χ3v) is 5.01. The van der Waals surface area contributed by atoms with E-state index in [1.54, 1.807) is 6.07 Å². The number of nitrogens with zero attached hydrogens (tertiary/aromatic N) is 5. The largest absolute Gasteiger partial charge is 0.473 e. The lowest BCUT2D eigenvalue weighted by atomic mass is 9.93. The van der Waals surface area contributed by atoms with Crippen LogP contribution in [-0.2, 0) is 32.3 Å². The predicted octanol–water partition coefficient (Wildman–Crippen LogP) is 1.47. The Labute approximate surface area is 164 Å². The van der Waals surface area contributed by atoms with Crippen molar-refractivity contribution in [1.29, 1.82) is 0 Å². The number of aliphatic hydroxyl groups is 1. The maximum absolute atomic E-state index is 14.8. The van der Waals surface area contributed by atoms with Crippen molar-refractivity contribution in [3.05, 3.63) is 66.5 Å². The Morgan fingerprint density at radius 3 is 2.62 bits per heavy atom. The average Bonchev–Trinajstić information content (AvgIpc) is 3.33. The van der Waals surface area contributed by atoms with Crippen LogP contribution in [0.3, 0.4) is 0 Å². The predicted molar refractivity (Wildman–Crippen MR) is 94.2 cm³/mol. The van der Waals surface area contributed by atoms with Crippen LogP contribution < -0.4 is 0 Å². The summed E-state index contributed by atoms with van der Waals surface area (Å²) in [6.07, 6.45) is 5.53. The van der Waals surface area contributed by atoms with E-state index < -0.39 is 38.3 Å². The van der Waals surface area contributed by atoms with Gasteiger partial charge >= 0.3 is 7.82 Å². The van der Waals surface area contributed by atoms with Gasteiger partial charge in [0.2, 0.25) is 0 Å². The average molecular weight is 429 g/mol. The van der Waals surface area contributed by atoms with Gasteiger partial charge in [-0.15, -0.1) is 0 Å². The first-order valence-corrected chi connectivity index (χ1v) is 9.87. The Bertz CT molecular complexity index is 934. The molecule has 10 nitrogen and oxygen atoms in total. The van der Waals surface area contributed by atoms with Crippen LogP contribution >= 0.6 is 7.82 Å². The molecule has 0 saturated heterocycles. The number of hydrogen-bond acceptors (Lipinski definition) is 7. The van der Waals surface area contributed by atoms with Crippen LogP contribution in [0.15, 0.2) is 49.3 Å². The summed E-state index contributed by atoms with van der Waals surface area (Å²) < 4.78 is 53.6. The molecule has 156 valence electrons. The lowest BCUT2D eigenvalue weighted by molar-refractivity contribution is -0.0189. The normalized spacial score (nSPS) is 15.7. The Balaban J connectivity index is 2.12. The van der Waals surface area contributed by atoms with Crippen LogP contribution in [0, 0.1) is 11.6 Å². The van der Waals surface area contributed by atoms with Crippen LogP contribution in [-0.4, -0.2) is 47.8 Å². The van der Waals surface area contributed by atoms with Crippen molar-refractivity contribution < 1.29 is 32.4 Å². The molecule has 2 atom stereocenters.